The third kappa shape index (κ3) is 1.93. The Labute approximate surface area is 67.5 Å². The summed E-state index contributed by atoms with van der Waals surface area (Å²) in [5, 5.41) is -0.285. The van der Waals surface area contributed by atoms with Crippen molar-refractivity contribution in [2.45, 2.75) is 18.6 Å². The highest BCUT2D eigenvalue weighted by atomic mass is 32.2. The molecule has 1 rings (SSSR count). The van der Waals surface area contributed by atoms with Gasteiger partial charge in [-0.3, -0.25) is 0 Å². The monoisotopic (exact) mass is 172 g/mol. The van der Waals surface area contributed by atoms with Gasteiger partial charge in [-0.2, -0.15) is 0 Å². The van der Waals surface area contributed by atoms with E-state index < -0.39 is 9.84 Å². The van der Waals surface area contributed by atoms with Crippen molar-refractivity contribution in [2.75, 3.05) is 6.26 Å². The van der Waals surface area contributed by atoms with Gasteiger partial charge < -0.3 is 0 Å². The number of hydrogen-bond donors (Lipinski definition) is 0. The molecule has 0 heterocycles. The minimum atomic E-state index is -2.89. The van der Waals surface area contributed by atoms with Crippen LogP contribution >= 0.6 is 0 Å². The Hall–Kier alpha value is -0.570. The molecule has 0 aliphatic heterocycles. The van der Waals surface area contributed by atoms with Crippen LogP contribution in [0.3, 0.4) is 0 Å². The van der Waals surface area contributed by atoms with E-state index >= 15 is 0 Å². The van der Waals surface area contributed by atoms with Crippen molar-refractivity contribution >= 4 is 9.84 Å². The van der Waals surface area contributed by atoms with Gasteiger partial charge in [-0.05, 0) is 13.3 Å². The van der Waals surface area contributed by atoms with Crippen LogP contribution in [0.2, 0.25) is 0 Å². The molecule has 11 heavy (non-hydrogen) atoms. The minimum absolute atomic E-state index is 0.285. The lowest BCUT2D eigenvalue weighted by molar-refractivity contribution is 0.591. The van der Waals surface area contributed by atoms with Gasteiger partial charge in [-0.1, -0.05) is 23.8 Å². The van der Waals surface area contributed by atoms with Crippen molar-refractivity contribution in [3.63, 3.8) is 0 Å². The fourth-order valence-electron chi connectivity index (χ4n) is 1.23. The van der Waals surface area contributed by atoms with E-state index in [4.69, 9.17) is 0 Å². The van der Waals surface area contributed by atoms with Crippen molar-refractivity contribution in [3.05, 3.63) is 23.8 Å². The van der Waals surface area contributed by atoms with Crippen LogP contribution in [0.5, 0.6) is 0 Å². The second kappa shape index (κ2) is 2.81. The van der Waals surface area contributed by atoms with Crippen LogP contribution < -0.4 is 0 Å². The fraction of sp³-hybridized carbons (Fsp3) is 0.500. The largest absolute Gasteiger partial charge is 0.228 e. The van der Waals surface area contributed by atoms with Crippen LogP contribution in [-0.4, -0.2) is 19.9 Å². The maximum atomic E-state index is 11.1. The lowest BCUT2D eigenvalue weighted by atomic mass is 10.1. The second-order valence-corrected chi connectivity index (χ2v) is 5.12. The number of allylic oxidation sites excluding steroid dienone is 3. The molecule has 0 N–H and O–H groups in total. The van der Waals surface area contributed by atoms with E-state index in [2.05, 4.69) is 0 Å². The molecule has 0 radical (unpaired) electrons. The lowest BCUT2D eigenvalue weighted by Gasteiger charge is -2.15. The first-order valence-corrected chi connectivity index (χ1v) is 5.49. The molecule has 3 heteroatoms. The maximum Gasteiger partial charge on any atom is 0.154 e. The second-order valence-electron chi connectivity index (χ2n) is 2.89. The van der Waals surface area contributed by atoms with Gasteiger partial charge in [0.05, 0.1) is 5.25 Å². The van der Waals surface area contributed by atoms with Gasteiger partial charge in [0.1, 0.15) is 0 Å². The van der Waals surface area contributed by atoms with E-state index in [-0.39, 0.29) is 5.25 Å². The van der Waals surface area contributed by atoms with Gasteiger partial charge in [0.25, 0.3) is 0 Å². The highest BCUT2D eigenvalue weighted by Crippen LogP contribution is 2.18. The lowest BCUT2D eigenvalue weighted by Crippen LogP contribution is -2.21. The van der Waals surface area contributed by atoms with Crippen molar-refractivity contribution in [1.82, 2.24) is 0 Å². The summed E-state index contributed by atoms with van der Waals surface area (Å²) in [4.78, 5) is 0. The smallest absolute Gasteiger partial charge is 0.154 e. The van der Waals surface area contributed by atoms with E-state index in [0.29, 0.717) is 6.42 Å². The first-order chi connectivity index (χ1) is 5.02. The molecule has 0 saturated heterocycles. The Kier molecular flexibility index (Phi) is 2.18. The summed E-state index contributed by atoms with van der Waals surface area (Å²) in [6, 6.07) is 0. The number of sulfone groups is 1. The molecule has 0 aromatic heterocycles. The van der Waals surface area contributed by atoms with Crippen molar-refractivity contribution in [2.24, 2.45) is 0 Å². The molecular weight excluding hydrogens is 160 g/mol. The van der Waals surface area contributed by atoms with Crippen LogP contribution in [0.25, 0.3) is 0 Å². The summed E-state index contributed by atoms with van der Waals surface area (Å²) in [5.74, 6) is 0. The summed E-state index contributed by atoms with van der Waals surface area (Å²) in [6.45, 7) is 1.86. The molecule has 0 aromatic carbocycles. The maximum absolute atomic E-state index is 11.1. The highest BCUT2D eigenvalue weighted by Gasteiger charge is 2.21. The topological polar surface area (TPSA) is 34.1 Å². The molecule has 0 amide bonds. The minimum Gasteiger partial charge on any atom is -0.228 e. The van der Waals surface area contributed by atoms with E-state index in [1.165, 1.54) is 6.26 Å². The van der Waals surface area contributed by atoms with Gasteiger partial charge in [0.15, 0.2) is 9.84 Å². The zero-order valence-corrected chi connectivity index (χ0v) is 7.56. The Morgan fingerprint density at radius 3 is 2.55 bits per heavy atom. The van der Waals surface area contributed by atoms with E-state index in [0.717, 1.165) is 5.57 Å². The number of hydrogen-bond acceptors (Lipinski definition) is 2. The summed E-state index contributed by atoms with van der Waals surface area (Å²) < 4.78 is 22.2. The molecule has 0 aromatic rings. The first-order valence-electron chi connectivity index (χ1n) is 3.54. The Bertz CT molecular complexity index is 296. The van der Waals surface area contributed by atoms with Crippen LogP contribution in [0, 0.1) is 0 Å². The van der Waals surface area contributed by atoms with E-state index in [9.17, 15) is 8.42 Å². The normalized spacial score (nSPS) is 24.9. The summed E-state index contributed by atoms with van der Waals surface area (Å²) in [5.41, 5.74) is 0.940. The van der Waals surface area contributed by atoms with E-state index in [1.54, 1.807) is 0 Å². The standard InChI is InChI=1S/C8H12O2S/c1-7-5-3-4-6-8(7)11(2,9)10/h3-5,8H,6H2,1-2H3. The van der Waals surface area contributed by atoms with Crippen molar-refractivity contribution in [3.8, 4) is 0 Å². The fourth-order valence-corrected chi connectivity index (χ4v) is 2.44. The predicted octanol–water partition coefficient (Wildman–Crippen LogP) is 1.31. The summed E-state index contributed by atoms with van der Waals surface area (Å²) >= 11 is 0. The molecular formula is C8H12O2S. The zero-order chi connectivity index (χ0) is 8.48. The Morgan fingerprint density at radius 2 is 2.18 bits per heavy atom. The molecule has 1 unspecified atom stereocenters. The molecule has 1 aliphatic rings. The highest BCUT2D eigenvalue weighted by molar-refractivity contribution is 7.91. The molecule has 0 bridgehead atoms. The molecule has 2 nitrogen and oxygen atoms in total. The van der Waals surface area contributed by atoms with Gasteiger partial charge in [0.2, 0.25) is 0 Å². The molecule has 1 aliphatic carbocycles. The molecule has 0 saturated carbocycles. The van der Waals surface area contributed by atoms with E-state index in [1.807, 2.05) is 25.2 Å². The predicted molar refractivity (Wildman–Crippen MR) is 46.1 cm³/mol. The van der Waals surface area contributed by atoms with Crippen LogP contribution in [0.4, 0.5) is 0 Å². The van der Waals surface area contributed by atoms with Crippen molar-refractivity contribution in [1.29, 1.82) is 0 Å². The number of rotatable bonds is 1. The van der Waals surface area contributed by atoms with Crippen molar-refractivity contribution < 1.29 is 8.42 Å². The molecule has 0 fully saturated rings. The molecule has 0 spiro atoms. The third-order valence-corrected chi connectivity index (χ3v) is 3.47. The zero-order valence-electron chi connectivity index (χ0n) is 6.74. The molecule has 1 atom stereocenters. The van der Waals surface area contributed by atoms with Gasteiger partial charge in [-0.15, -0.1) is 0 Å². The van der Waals surface area contributed by atoms with Crippen LogP contribution in [-0.2, 0) is 9.84 Å². The Morgan fingerprint density at radius 1 is 1.55 bits per heavy atom. The van der Waals surface area contributed by atoms with Crippen LogP contribution in [0.1, 0.15) is 13.3 Å². The Balaban J connectivity index is 2.94. The third-order valence-electron chi connectivity index (χ3n) is 1.87. The average Bonchev–Trinajstić information content (AvgIpc) is 1.86. The average molecular weight is 172 g/mol. The van der Waals surface area contributed by atoms with Gasteiger partial charge >= 0.3 is 0 Å². The SMILES string of the molecule is CC1=CC=CCC1S(C)(=O)=O. The quantitative estimate of drug-likeness (QED) is 0.597. The van der Waals surface area contributed by atoms with Crippen LogP contribution in [0.15, 0.2) is 23.8 Å². The van der Waals surface area contributed by atoms with Gasteiger partial charge in [0, 0.05) is 6.26 Å². The molecule has 62 valence electrons. The first kappa shape index (κ1) is 8.53. The summed E-state index contributed by atoms with van der Waals surface area (Å²) in [7, 11) is -2.89. The summed E-state index contributed by atoms with van der Waals surface area (Å²) in [6.07, 6.45) is 7.56. The van der Waals surface area contributed by atoms with Gasteiger partial charge in [-0.25, -0.2) is 8.42 Å².